The molecule has 0 aromatic heterocycles. The molecule has 9 heavy (non-hydrogen) atoms. The summed E-state index contributed by atoms with van der Waals surface area (Å²) < 4.78 is 4.86. The minimum Gasteiger partial charge on any atom is -0.383 e. The van der Waals surface area contributed by atoms with Gasteiger partial charge in [0.2, 0.25) is 5.91 Å². The first kappa shape index (κ1) is 6.55. The molecule has 1 heterocycles. The molecule has 1 N–H and O–H groups in total. The van der Waals surface area contributed by atoms with E-state index in [4.69, 9.17) is 4.74 Å². The summed E-state index contributed by atoms with van der Waals surface area (Å²) in [7, 11) is 1.64. The van der Waals surface area contributed by atoms with Crippen molar-refractivity contribution < 1.29 is 11.0 Å². The molecule has 1 aliphatic heterocycles. The third-order valence-electron chi connectivity index (χ3n) is 1.45. The highest BCUT2D eigenvalue weighted by Gasteiger charge is 2.19. The van der Waals surface area contributed by atoms with E-state index in [0.29, 0.717) is 13.0 Å². The summed E-state index contributed by atoms with van der Waals surface area (Å²) in [5.41, 5.74) is 0. The predicted octanol–water partition coefficient (Wildman–Crippen LogP) is 0.157. The van der Waals surface area contributed by atoms with Gasteiger partial charge in [-0.25, -0.2) is 0 Å². The zero-order valence-corrected chi connectivity index (χ0v) is 5.52. The molecule has 1 fully saturated rings. The van der Waals surface area contributed by atoms with Crippen LogP contribution in [0.15, 0.2) is 0 Å². The molecule has 1 amide bonds. The minimum atomic E-state index is 0. The van der Waals surface area contributed by atoms with Crippen LogP contribution < -0.4 is 5.32 Å². The van der Waals surface area contributed by atoms with Gasteiger partial charge in [-0.15, -0.1) is 0 Å². The van der Waals surface area contributed by atoms with Gasteiger partial charge in [0.25, 0.3) is 0 Å². The Morgan fingerprint density at radius 3 is 3.22 bits per heavy atom. The van der Waals surface area contributed by atoms with Crippen LogP contribution in [0.25, 0.3) is 0 Å². The molecule has 0 saturated carbocycles. The molecule has 0 aromatic rings. The van der Waals surface area contributed by atoms with Crippen molar-refractivity contribution in [2.24, 2.45) is 0 Å². The molecular formula is C6H13NO2. The van der Waals surface area contributed by atoms with Crippen molar-refractivity contribution in [1.82, 2.24) is 5.32 Å². The average Bonchev–Trinajstić information content (AvgIpc) is 2.17. The Labute approximate surface area is 55.9 Å². The quantitative estimate of drug-likeness (QED) is 0.579. The van der Waals surface area contributed by atoms with E-state index in [1.807, 2.05) is 0 Å². The maximum absolute atomic E-state index is 10.6. The minimum absolute atomic E-state index is 0. The van der Waals surface area contributed by atoms with E-state index >= 15 is 0 Å². The summed E-state index contributed by atoms with van der Waals surface area (Å²) in [6, 6.07) is 0.266. The molecule has 0 radical (unpaired) electrons. The van der Waals surface area contributed by atoms with Crippen LogP contribution in [0.5, 0.6) is 0 Å². The highest BCUT2D eigenvalue weighted by molar-refractivity contribution is 5.78. The van der Waals surface area contributed by atoms with Crippen LogP contribution in [0.4, 0.5) is 0 Å². The molecule has 54 valence electrons. The average molecular weight is 131 g/mol. The second kappa shape index (κ2) is 2.82. The van der Waals surface area contributed by atoms with Crippen molar-refractivity contribution in [2.75, 3.05) is 13.7 Å². The molecule has 1 rings (SSSR count). The molecule has 0 spiro atoms. The zero-order chi connectivity index (χ0) is 6.69. The fourth-order valence-electron chi connectivity index (χ4n) is 1.00. The predicted molar refractivity (Wildman–Crippen MR) is 35.2 cm³/mol. The lowest BCUT2D eigenvalue weighted by Gasteiger charge is -2.05. The van der Waals surface area contributed by atoms with Crippen LogP contribution in [0, 0.1) is 0 Å². The zero-order valence-electron chi connectivity index (χ0n) is 5.52. The number of nitrogens with one attached hydrogen (secondary N) is 1. The standard InChI is InChI=1S/C6H11NO2.H2/c1-9-4-5-2-3-6(8)7-5;/h5H,2-4H2,1H3,(H,7,8);1H/t5-;/m0./s1. The normalized spacial score (nSPS) is 26.3. The van der Waals surface area contributed by atoms with Crippen LogP contribution >= 0.6 is 0 Å². The molecule has 0 aliphatic carbocycles. The Hall–Kier alpha value is -0.570. The van der Waals surface area contributed by atoms with Crippen molar-refractivity contribution in [1.29, 1.82) is 0 Å². The number of methoxy groups -OCH3 is 1. The van der Waals surface area contributed by atoms with E-state index in [1.165, 1.54) is 0 Å². The number of amides is 1. The van der Waals surface area contributed by atoms with Crippen LogP contribution in [0.2, 0.25) is 0 Å². The summed E-state index contributed by atoms with van der Waals surface area (Å²) in [4.78, 5) is 10.6. The highest BCUT2D eigenvalue weighted by Crippen LogP contribution is 2.05. The number of hydrogen-bond donors (Lipinski definition) is 1. The third kappa shape index (κ3) is 1.68. The molecule has 1 atom stereocenters. The van der Waals surface area contributed by atoms with Gasteiger partial charge < -0.3 is 10.1 Å². The van der Waals surface area contributed by atoms with Gasteiger partial charge in [-0.3, -0.25) is 4.79 Å². The van der Waals surface area contributed by atoms with Crippen LogP contribution in [-0.4, -0.2) is 25.7 Å². The van der Waals surface area contributed by atoms with Crippen molar-refractivity contribution in [3.63, 3.8) is 0 Å². The first-order valence-electron chi connectivity index (χ1n) is 3.11. The molecular weight excluding hydrogens is 118 g/mol. The topological polar surface area (TPSA) is 38.3 Å². The first-order valence-corrected chi connectivity index (χ1v) is 3.11. The summed E-state index contributed by atoms with van der Waals surface area (Å²) in [6.07, 6.45) is 1.58. The van der Waals surface area contributed by atoms with Crippen LogP contribution in [-0.2, 0) is 9.53 Å². The molecule has 3 nitrogen and oxygen atoms in total. The van der Waals surface area contributed by atoms with Gasteiger partial charge in [0, 0.05) is 15.0 Å². The second-order valence-electron chi connectivity index (χ2n) is 2.26. The maximum Gasteiger partial charge on any atom is 0.220 e. The van der Waals surface area contributed by atoms with E-state index < -0.39 is 0 Å². The molecule has 0 aromatic carbocycles. The first-order chi connectivity index (χ1) is 4.33. The smallest absolute Gasteiger partial charge is 0.220 e. The Morgan fingerprint density at radius 2 is 2.78 bits per heavy atom. The van der Waals surface area contributed by atoms with Gasteiger partial charge >= 0.3 is 0 Å². The van der Waals surface area contributed by atoms with Crippen molar-refractivity contribution in [3.8, 4) is 0 Å². The van der Waals surface area contributed by atoms with Crippen LogP contribution in [0.1, 0.15) is 14.3 Å². The summed E-state index contributed by atoms with van der Waals surface area (Å²) in [5.74, 6) is 0.150. The molecule has 0 unspecified atom stereocenters. The van der Waals surface area contributed by atoms with Gasteiger partial charge in [-0.2, -0.15) is 0 Å². The Bertz CT molecular complexity index is 118. The lowest BCUT2D eigenvalue weighted by molar-refractivity contribution is -0.119. The van der Waals surface area contributed by atoms with E-state index in [2.05, 4.69) is 5.32 Å². The molecule has 3 heteroatoms. The van der Waals surface area contributed by atoms with Crippen LogP contribution in [0.3, 0.4) is 0 Å². The second-order valence-corrected chi connectivity index (χ2v) is 2.26. The van der Waals surface area contributed by atoms with E-state index in [-0.39, 0.29) is 13.4 Å². The van der Waals surface area contributed by atoms with Gasteiger partial charge in [0.15, 0.2) is 0 Å². The molecule has 0 bridgehead atoms. The van der Waals surface area contributed by atoms with Gasteiger partial charge in [-0.05, 0) is 6.42 Å². The molecule has 1 aliphatic rings. The number of carbonyl (C=O) groups excluding carboxylic acids is 1. The lowest BCUT2D eigenvalue weighted by Crippen LogP contribution is -2.29. The van der Waals surface area contributed by atoms with E-state index in [0.717, 1.165) is 6.42 Å². The number of rotatable bonds is 2. The molecule has 1 saturated heterocycles. The van der Waals surface area contributed by atoms with Crippen molar-refractivity contribution in [2.45, 2.75) is 18.9 Å². The summed E-state index contributed by atoms with van der Waals surface area (Å²) in [6.45, 7) is 0.645. The van der Waals surface area contributed by atoms with Crippen molar-refractivity contribution >= 4 is 5.91 Å². The van der Waals surface area contributed by atoms with Gasteiger partial charge in [-0.1, -0.05) is 0 Å². The van der Waals surface area contributed by atoms with Gasteiger partial charge in [0.05, 0.1) is 12.6 Å². The fraction of sp³-hybridized carbons (Fsp3) is 0.833. The largest absolute Gasteiger partial charge is 0.383 e. The monoisotopic (exact) mass is 131 g/mol. The Morgan fingerprint density at radius 1 is 2.00 bits per heavy atom. The third-order valence-corrected chi connectivity index (χ3v) is 1.45. The Kier molecular flexibility index (Phi) is 2.05. The SMILES string of the molecule is COC[C@@H]1CCC(=O)N1.[HH]. The lowest BCUT2D eigenvalue weighted by atomic mass is 10.2. The van der Waals surface area contributed by atoms with E-state index in [9.17, 15) is 4.79 Å². The fourth-order valence-corrected chi connectivity index (χ4v) is 1.00. The summed E-state index contributed by atoms with van der Waals surface area (Å²) in [5, 5.41) is 2.79. The van der Waals surface area contributed by atoms with E-state index in [1.54, 1.807) is 7.11 Å². The number of hydrogen-bond acceptors (Lipinski definition) is 2. The maximum atomic E-state index is 10.6. The van der Waals surface area contributed by atoms with Gasteiger partial charge in [0.1, 0.15) is 0 Å². The Balaban J connectivity index is 0.000000810. The number of carbonyl (C=O) groups is 1. The number of ether oxygens (including phenoxy) is 1. The van der Waals surface area contributed by atoms with Crippen molar-refractivity contribution in [3.05, 3.63) is 0 Å². The summed E-state index contributed by atoms with van der Waals surface area (Å²) >= 11 is 0. The highest BCUT2D eigenvalue weighted by atomic mass is 16.5.